The van der Waals surface area contributed by atoms with E-state index in [-0.39, 0.29) is 0 Å². The lowest BCUT2D eigenvalue weighted by Crippen LogP contribution is -2.52. The largest absolute Gasteiger partial charge is 0.348 e. The molecular weight excluding hydrogens is 298 g/mol. The first kappa shape index (κ1) is 16.6. The third-order valence-electron chi connectivity index (χ3n) is 4.24. The van der Waals surface area contributed by atoms with Gasteiger partial charge in [0.2, 0.25) is 5.91 Å². The van der Waals surface area contributed by atoms with E-state index in [0.717, 1.165) is 17.7 Å². The van der Waals surface area contributed by atoms with Gasteiger partial charge in [-0.15, -0.1) is 0 Å². The van der Waals surface area contributed by atoms with Gasteiger partial charge in [-0.3, -0.25) is 9.59 Å². The van der Waals surface area contributed by atoms with Crippen LogP contribution in [0.1, 0.15) is 32.6 Å². The minimum Gasteiger partial charge on any atom is -0.348 e. The minimum atomic E-state index is -3.22. The van der Waals surface area contributed by atoms with Crippen molar-refractivity contribution in [2.45, 2.75) is 50.1 Å². The van der Waals surface area contributed by atoms with Gasteiger partial charge in [0.15, 0.2) is 0 Å². The van der Waals surface area contributed by atoms with Gasteiger partial charge in [0.1, 0.15) is 11.6 Å². The number of nitrogens with two attached hydrogens (primary N) is 1. The highest BCUT2D eigenvalue weighted by Crippen LogP contribution is 2.35. The maximum atomic E-state index is 13.0. The molecule has 1 heterocycles. The predicted molar refractivity (Wildman–Crippen MR) is 73.0 cm³/mol. The maximum Gasteiger partial charge on any atom is 0.325 e. The summed E-state index contributed by atoms with van der Waals surface area (Å²) in [5.41, 5.74) is 3.96. The number of nitrogens with one attached hydrogen (secondary N) is 2. The van der Waals surface area contributed by atoms with Crippen molar-refractivity contribution < 1.29 is 23.2 Å². The molecule has 22 heavy (non-hydrogen) atoms. The number of alkyl halides is 2. The molecule has 4 N–H and O–H groups in total. The summed E-state index contributed by atoms with van der Waals surface area (Å²) in [4.78, 5) is 37.2. The molecule has 1 saturated heterocycles. The van der Waals surface area contributed by atoms with Crippen LogP contribution in [0.4, 0.5) is 13.6 Å². The van der Waals surface area contributed by atoms with E-state index in [1.165, 1.54) is 6.92 Å². The monoisotopic (exact) mass is 318 g/mol. The van der Waals surface area contributed by atoms with E-state index >= 15 is 0 Å². The third-order valence-corrected chi connectivity index (χ3v) is 4.24. The van der Waals surface area contributed by atoms with Crippen LogP contribution in [0.15, 0.2) is 0 Å². The summed E-state index contributed by atoms with van der Waals surface area (Å²) in [5.74, 6) is -4.49. The number of urea groups is 1. The van der Waals surface area contributed by atoms with E-state index in [4.69, 9.17) is 5.73 Å². The summed E-state index contributed by atoms with van der Waals surface area (Å²) in [7, 11) is 0. The van der Waals surface area contributed by atoms with E-state index in [1.54, 1.807) is 0 Å². The highest BCUT2D eigenvalue weighted by molar-refractivity contribution is 6.09. The van der Waals surface area contributed by atoms with Crippen LogP contribution in [-0.2, 0) is 9.59 Å². The number of carbonyl (C=O) groups is 3. The van der Waals surface area contributed by atoms with Gasteiger partial charge in [0.25, 0.3) is 11.8 Å². The Morgan fingerprint density at radius 1 is 1.45 bits per heavy atom. The predicted octanol–water partition coefficient (Wildman–Crippen LogP) is -0.0503. The van der Waals surface area contributed by atoms with Crippen molar-refractivity contribution in [2.75, 3.05) is 13.1 Å². The van der Waals surface area contributed by atoms with Gasteiger partial charge in [0, 0.05) is 0 Å². The zero-order valence-corrected chi connectivity index (χ0v) is 12.3. The molecule has 2 fully saturated rings. The van der Waals surface area contributed by atoms with E-state index in [2.05, 4.69) is 5.32 Å². The second-order valence-corrected chi connectivity index (χ2v) is 5.85. The molecule has 1 unspecified atom stereocenters. The van der Waals surface area contributed by atoms with E-state index in [9.17, 15) is 23.2 Å². The van der Waals surface area contributed by atoms with Crippen molar-refractivity contribution in [2.24, 2.45) is 5.73 Å². The molecule has 1 atom stereocenters. The van der Waals surface area contributed by atoms with Gasteiger partial charge in [-0.2, -0.15) is 0 Å². The Morgan fingerprint density at radius 3 is 2.59 bits per heavy atom. The van der Waals surface area contributed by atoms with Crippen LogP contribution in [0.5, 0.6) is 0 Å². The molecule has 1 spiro atoms. The smallest absolute Gasteiger partial charge is 0.325 e. The lowest BCUT2D eigenvalue weighted by atomic mass is 9.97. The lowest BCUT2D eigenvalue weighted by Gasteiger charge is -2.24. The average molecular weight is 318 g/mol. The number of carbonyl (C=O) groups excluding carboxylic acids is 3. The fourth-order valence-corrected chi connectivity index (χ4v) is 2.86. The molecule has 4 amide bonds. The van der Waals surface area contributed by atoms with Gasteiger partial charge in [0.05, 0.1) is 13.1 Å². The van der Waals surface area contributed by atoms with Crippen LogP contribution < -0.4 is 16.4 Å². The molecule has 124 valence electrons. The molecule has 2 rings (SSSR count). The second-order valence-electron chi connectivity index (χ2n) is 5.85. The van der Waals surface area contributed by atoms with Crippen LogP contribution in [-0.4, -0.2) is 53.3 Å². The number of halogens is 2. The number of hydrogen-bond acceptors (Lipinski definition) is 4. The fourth-order valence-electron chi connectivity index (χ4n) is 2.86. The molecular formula is C13H20F2N4O3. The van der Waals surface area contributed by atoms with Crippen molar-refractivity contribution in [1.29, 1.82) is 0 Å². The number of imide groups is 1. The average Bonchev–Trinajstić information content (AvgIpc) is 3.02. The quantitative estimate of drug-likeness (QED) is 0.618. The zero-order chi connectivity index (χ0) is 16.5. The molecule has 0 aromatic carbocycles. The number of hydrogen-bond donors (Lipinski definition) is 3. The Labute approximate surface area is 126 Å². The van der Waals surface area contributed by atoms with Crippen molar-refractivity contribution >= 4 is 17.8 Å². The molecule has 0 aromatic heterocycles. The molecule has 1 aliphatic heterocycles. The van der Waals surface area contributed by atoms with Gasteiger partial charge >= 0.3 is 6.03 Å². The first-order chi connectivity index (χ1) is 10.2. The first-order valence-corrected chi connectivity index (χ1v) is 7.24. The van der Waals surface area contributed by atoms with Gasteiger partial charge in [-0.05, 0) is 19.8 Å². The van der Waals surface area contributed by atoms with E-state index in [1.807, 2.05) is 5.32 Å². The highest BCUT2D eigenvalue weighted by atomic mass is 19.3. The summed E-state index contributed by atoms with van der Waals surface area (Å²) in [6.07, 6.45) is 2.72. The maximum absolute atomic E-state index is 13.0. The van der Waals surface area contributed by atoms with Crippen molar-refractivity contribution in [3.8, 4) is 0 Å². The molecule has 7 nitrogen and oxygen atoms in total. The molecule has 1 saturated carbocycles. The van der Waals surface area contributed by atoms with Crippen molar-refractivity contribution in [1.82, 2.24) is 15.5 Å². The fraction of sp³-hybridized carbons (Fsp3) is 0.769. The summed E-state index contributed by atoms with van der Waals surface area (Å²) < 4.78 is 26.1. The van der Waals surface area contributed by atoms with Crippen LogP contribution in [0.25, 0.3) is 0 Å². The Balaban J connectivity index is 2.03. The van der Waals surface area contributed by atoms with Gasteiger partial charge in [-0.25, -0.2) is 18.5 Å². The summed E-state index contributed by atoms with van der Waals surface area (Å²) >= 11 is 0. The SMILES string of the molecule is CC(C(=O)NCC(F)(F)CN)N1C(=O)NC2(CCCC2)C1=O. The normalized spacial score (nSPS) is 22.1. The second kappa shape index (κ2) is 5.79. The molecule has 9 heteroatoms. The van der Waals surface area contributed by atoms with Crippen LogP contribution in [0, 0.1) is 0 Å². The van der Waals surface area contributed by atoms with E-state index in [0.29, 0.717) is 12.8 Å². The topological polar surface area (TPSA) is 105 Å². The molecule has 2 aliphatic rings. The number of rotatable bonds is 5. The Hall–Kier alpha value is -1.77. The Kier molecular flexibility index (Phi) is 4.37. The van der Waals surface area contributed by atoms with Crippen molar-refractivity contribution in [3.05, 3.63) is 0 Å². The number of amides is 4. The van der Waals surface area contributed by atoms with Crippen molar-refractivity contribution in [3.63, 3.8) is 0 Å². The molecule has 1 aliphatic carbocycles. The first-order valence-electron chi connectivity index (χ1n) is 7.24. The molecule has 0 bridgehead atoms. The minimum absolute atomic E-state index is 0.455. The Bertz CT molecular complexity index is 492. The summed E-state index contributed by atoms with van der Waals surface area (Å²) in [5, 5.41) is 4.67. The Morgan fingerprint density at radius 2 is 2.05 bits per heavy atom. The third kappa shape index (κ3) is 2.90. The summed E-state index contributed by atoms with van der Waals surface area (Å²) in [6, 6.07) is -1.80. The molecule has 0 radical (unpaired) electrons. The standard InChI is InChI=1S/C13H20F2N4O3/c1-8(9(20)17-7-13(14,15)6-16)19-10(21)12(18-11(19)22)4-2-3-5-12/h8H,2-7,16H2,1H3,(H,17,20)(H,18,22). The molecule has 0 aromatic rings. The van der Waals surface area contributed by atoms with E-state index < -0.39 is 48.4 Å². The van der Waals surface area contributed by atoms with Crippen LogP contribution in [0.3, 0.4) is 0 Å². The van der Waals surface area contributed by atoms with Gasteiger partial charge < -0.3 is 16.4 Å². The summed E-state index contributed by atoms with van der Waals surface area (Å²) in [6.45, 7) is -0.489. The van der Waals surface area contributed by atoms with Crippen LogP contribution >= 0.6 is 0 Å². The lowest BCUT2D eigenvalue weighted by molar-refractivity contribution is -0.138. The number of nitrogens with zero attached hydrogens (tertiary/aromatic N) is 1. The van der Waals surface area contributed by atoms with Crippen LogP contribution in [0.2, 0.25) is 0 Å². The zero-order valence-electron chi connectivity index (χ0n) is 12.3. The van der Waals surface area contributed by atoms with Gasteiger partial charge in [-0.1, -0.05) is 12.8 Å². The highest BCUT2D eigenvalue weighted by Gasteiger charge is 2.54.